The summed E-state index contributed by atoms with van der Waals surface area (Å²) in [6.45, 7) is 6.35. The molecule has 86 valence electrons. The SMILES string of the molecule is CCOC(=O)C=CC(C)(C)c1ccccc1. The van der Waals surface area contributed by atoms with Crippen LogP contribution in [0.25, 0.3) is 0 Å². The topological polar surface area (TPSA) is 26.3 Å². The van der Waals surface area contributed by atoms with Gasteiger partial charge in [0.05, 0.1) is 6.61 Å². The molecule has 0 unspecified atom stereocenters. The highest BCUT2D eigenvalue weighted by molar-refractivity contribution is 5.82. The Morgan fingerprint density at radius 2 is 1.94 bits per heavy atom. The second kappa shape index (κ2) is 5.50. The number of esters is 1. The lowest BCUT2D eigenvalue weighted by atomic mass is 9.84. The van der Waals surface area contributed by atoms with Gasteiger partial charge in [0.25, 0.3) is 0 Å². The van der Waals surface area contributed by atoms with E-state index in [1.165, 1.54) is 11.6 Å². The Morgan fingerprint density at radius 3 is 2.50 bits per heavy atom. The van der Waals surface area contributed by atoms with Gasteiger partial charge in [-0.1, -0.05) is 50.3 Å². The third kappa shape index (κ3) is 3.54. The van der Waals surface area contributed by atoms with Crippen molar-refractivity contribution in [1.82, 2.24) is 0 Å². The quantitative estimate of drug-likeness (QED) is 0.573. The van der Waals surface area contributed by atoms with Gasteiger partial charge in [-0.2, -0.15) is 0 Å². The van der Waals surface area contributed by atoms with Crippen LogP contribution in [0.4, 0.5) is 0 Å². The van der Waals surface area contributed by atoms with Crippen LogP contribution in [0.3, 0.4) is 0 Å². The second-order valence-corrected chi connectivity index (χ2v) is 4.17. The highest BCUT2D eigenvalue weighted by Crippen LogP contribution is 2.24. The lowest BCUT2D eigenvalue weighted by molar-refractivity contribution is -0.137. The fraction of sp³-hybridized carbons (Fsp3) is 0.357. The predicted octanol–water partition coefficient (Wildman–Crippen LogP) is 3.08. The van der Waals surface area contributed by atoms with Crippen molar-refractivity contribution in [2.45, 2.75) is 26.2 Å². The molecule has 0 aliphatic heterocycles. The standard InChI is InChI=1S/C14H18O2/c1-4-16-13(15)10-11-14(2,3)12-8-6-5-7-9-12/h5-11H,4H2,1-3H3. The van der Waals surface area contributed by atoms with Crippen LogP contribution in [-0.4, -0.2) is 12.6 Å². The monoisotopic (exact) mass is 218 g/mol. The minimum absolute atomic E-state index is 0.159. The van der Waals surface area contributed by atoms with Crippen LogP contribution in [0.2, 0.25) is 0 Å². The molecule has 1 rings (SSSR count). The van der Waals surface area contributed by atoms with Gasteiger partial charge in [0.1, 0.15) is 0 Å². The molecule has 0 bridgehead atoms. The van der Waals surface area contributed by atoms with Gasteiger partial charge in [-0.25, -0.2) is 4.79 Å². The second-order valence-electron chi connectivity index (χ2n) is 4.17. The molecule has 16 heavy (non-hydrogen) atoms. The van der Waals surface area contributed by atoms with Gasteiger partial charge in [-0.05, 0) is 12.5 Å². The smallest absolute Gasteiger partial charge is 0.330 e. The Morgan fingerprint density at radius 1 is 1.31 bits per heavy atom. The van der Waals surface area contributed by atoms with Crippen molar-refractivity contribution in [3.05, 3.63) is 48.0 Å². The molecule has 0 radical (unpaired) electrons. The van der Waals surface area contributed by atoms with E-state index < -0.39 is 0 Å². The Labute approximate surface area is 96.9 Å². The number of carbonyl (C=O) groups is 1. The molecule has 1 aromatic rings. The average Bonchev–Trinajstić information content (AvgIpc) is 2.28. The van der Waals surface area contributed by atoms with Crippen molar-refractivity contribution in [3.63, 3.8) is 0 Å². The van der Waals surface area contributed by atoms with Crippen molar-refractivity contribution >= 4 is 5.97 Å². The fourth-order valence-electron chi connectivity index (χ4n) is 1.43. The van der Waals surface area contributed by atoms with E-state index in [1.54, 1.807) is 6.92 Å². The molecular weight excluding hydrogens is 200 g/mol. The van der Waals surface area contributed by atoms with E-state index in [0.29, 0.717) is 6.61 Å². The Hall–Kier alpha value is -1.57. The lowest BCUT2D eigenvalue weighted by Crippen LogP contribution is -2.14. The van der Waals surface area contributed by atoms with E-state index in [0.717, 1.165) is 0 Å². The summed E-state index contributed by atoms with van der Waals surface area (Å²) < 4.78 is 4.85. The van der Waals surface area contributed by atoms with Gasteiger partial charge in [-0.3, -0.25) is 0 Å². The number of rotatable bonds is 4. The van der Waals surface area contributed by atoms with Crippen LogP contribution in [-0.2, 0) is 14.9 Å². The van der Waals surface area contributed by atoms with E-state index in [9.17, 15) is 4.79 Å². The molecule has 0 saturated carbocycles. The zero-order valence-electron chi connectivity index (χ0n) is 10.1. The van der Waals surface area contributed by atoms with E-state index in [1.807, 2.05) is 24.3 Å². The summed E-state index contributed by atoms with van der Waals surface area (Å²) in [5.74, 6) is -0.286. The van der Waals surface area contributed by atoms with E-state index in [2.05, 4.69) is 26.0 Å². The van der Waals surface area contributed by atoms with Crippen LogP contribution >= 0.6 is 0 Å². The lowest BCUT2D eigenvalue weighted by Gasteiger charge is -2.20. The molecular formula is C14H18O2. The fourth-order valence-corrected chi connectivity index (χ4v) is 1.43. The Balaban J connectivity index is 2.76. The molecule has 2 nitrogen and oxygen atoms in total. The van der Waals surface area contributed by atoms with Crippen molar-refractivity contribution in [2.24, 2.45) is 0 Å². The molecule has 0 heterocycles. The zero-order chi connectivity index (χ0) is 12.0. The summed E-state index contributed by atoms with van der Waals surface area (Å²) in [5.41, 5.74) is 1.02. The van der Waals surface area contributed by atoms with Crippen molar-refractivity contribution in [2.75, 3.05) is 6.61 Å². The third-order valence-electron chi connectivity index (χ3n) is 2.44. The molecule has 0 aliphatic rings. The molecule has 0 amide bonds. The summed E-state index contributed by atoms with van der Waals surface area (Å²) >= 11 is 0. The van der Waals surface area contributed by atoms with Crippen LogP contribution < -0.4 is 0 Å². The zero-order valence-corrected chi connectivity index (χ0v) is 10.1. The van der Waals surface area contributed by atoms with Gasteiger partial charge >= 0.3 is 5.97 Å². The summed E-state index contributed by atoms with van der Waals surface area (Å²) in [6.07, 6.45) is 3.37. The van der Waals surface area contributed by atoms with E-state index in [-0.39, 0.29) is 11.4 Å². The maximum Gasteiger partial charge on any atom is 0.330 e. The largest absolute Gasteiger partial charge is 0.463 e. The first-order chi connectivity index (χ1) is 7.56. The molecule has 0 aliphatic carbocycles. The first-order valence-electron chi connectivity index (χ1n) is 5.48. The minimum atomic E-state index is -0.286. The maximum atomic E-state index is 11.2. The van der Waals surface area contributed by atoms with Crippen LogP contribution in [0.5, 0.6) is 0 Å². The van der Waals surface area contributed by atoms with Crippen LogP contribution in [0.1, 0.15) is 26.3 Å². The van der Waals surface area contributed by atoms with Gasteiger partial charge in [0.15, 0.2) is 0 Å². The van der Waals surface area contributed by atoms with Crippen LogP contribution in [0.15, 0.2) is 42.5 Å². The number of ether oxygens (including phenoxy) is 1. The van der Waals surface area contributed by atoms with Gasteiger partial charge < -0.3 is 4.74 Å². The highest BCUT2D eigenvalue weighted by atomic mass is 16.5. The number of hydrogen-bond donors (Lipinski definition) is 0. The van der Waals surface area contributed by atoms with Gasteiger partial charge in [-0.15, -0.1) is 0 Å². The van der Waals surface area contributed by atoms with Crippen molar-refractivity contribution < 1.29 is 9.53 Å². The van der Waals surface area contributed by atoms with Gasteiger partial charge in [0.2, 0.25) is 0 Å². The first kappa shape index (κ1) is 12.5. The summed E-state index contributed by atoms with van der Waals surface area (Å²) in [5, 5.41) is 0. The van der Waals surface area contributed by atoms with E-state index in [4.69, 9.17) is 4.74 Å². The molecule has 0 saturated heterocycles. The minimum Gasteiger partial charge on any atom is -0.463 e. The maximum absolute atomic E-state index is 11.2. The summed E-state index contributed by atoms with van der Waals surface area (Å²) in [6, 6.07) is 10.1. The normalized spacial score (nSPS) is 11.7. The first-order valence-corrected chi connectivity index (χ1v) is 5.48. The number of hydrogen-bond acceptors (Lipinski definition) is 2. The van der Waals surface area contributed by atoms with E-state index >= 15 is 0 Å². The third-order valence-corrected chi connectivity index (χ3v) is 2.44. The number of benzene rings is 1. The molecule has 1 aromatic carbocycles. The average molecular weight is 218 g/mol. The van der Waals surface area contributed by atoms with Gasteiger partial charge in [0, 0.05) is 11.5 Å². The van der Waals surface area contributed by atoms with Crippen LogP contribution in [0, 0.1) is 0 Å². The molecule has 0 fully saturated rings. The van der Waals surface area contributed by atoms with Crippen molar-refractivity contribution in [3.8, 4) is 0 Å². The molecule has 0 atom stereocenters. The molecule has 0 N–H and O–H groups in total. The Bertz CT molecular complexity index is 364. The van der Waals surface area contributed by atoms with Crippen molar-refractivity contribution in [1.29, 1.82) is 0 Å². The molecule has 0 spiro atoms. The highest BCUT2D eigenvalue weighted by Gasteiger charge is 2.16. The summed E-state index contributed by atoms with van der Waals surface area (Å²) in [7, 11) is 0. The molecule has 0 aromatic heterocycles. The summed E-state index contributed by atoms with van der Waals surface area (Å²) in [4.78, 5) is 11.2. The number of allylic oxidation sites excluding steroid dienone is 1. The number of carbonyl (C=O) groups excluding carboxylic acids is 1. The molecule has 2 heteroatoms. The predicted molar refractivity (Wildman–Crippen MR) is 65.2 cm³/mol. The Kier molecular flexibility index (Phi) is 4.29.